The molecule has 1 saturated heterocycles. The number of rotatable bonds is 8. The van der Waals surface area contributed by atoms with Crippen molar-refractivity contribution in [2.45, 2.75) is 18.5 Å². The summed E-state index contributed by atoms with van der Waals surface area (Å²) in [6.45, 7) is 5.90. The van der Waals surface area contributed by atoms with E-state index in [9.17, 15) is 4.79 Å². The van der Waals surface area contributed by atoms with E-state index in [0.29, 0.717) is 29.2 Å². The van der Waals surface area contributed by atoms with Gasteiger partial charge in [0.1, 0.15) is 16.7 Å². The molecule has 0 radical (unpaired) electrons. The lowest BCUT2D eigenvalue weighted by Gasteiger charge is -2.36. The number of ether oxygens (including phenoxy) is 1. The van der Waals surface area contributed by atoms with Crippen LogP contribution in [0, 0.1) is 0 Å². The molecule has 1 amide bonds. The van der Waals surface area contributed by atoms with Crippen molar-refractivity contribution in [3.8, 4) is 5.75 Å². The first-order valence-electron chi connectivity index (χ1n) is 10.1. The molecule has 30 heavy (non-hydrogen) atoms. The largest absolute Gasteiger partial charge is 0.495 e. The lowest BCUT2D eigenvalue weighted by molar-refractivity contribution is -0.128. The number of thioether (sulfide) groups is 1. The Balaban J connectivity index is 1.54. The molecule has 0 saturated carbocycles. The van der Waals surface area contributed by atoms with Gasteiger partial charge in [-0.3, -0.25) is 4.79 Å². The highest BCUT2D eigenvalue weighted by atomic mass is 35.5. The van der Waals surface area contributed by atoms with Crippen LogP contribution in [-0.2, 0) is 4.79 Å². The number of nitrogens with zero attached hydrogens (tertiary/aromatic N) is 5. The highest BCUT2D eigenvalue weighted by Crippen LogP contribution is 2.28. The summed E-state index contributed by atoms with van der Waals surface area (Å²) >= 11 is 7.49. The van der Waals surface area contributed by atoms with E-state index in [1.54, 1.807) is 13.2 Å². The van der Waals surface area contributed by atoms with Crippen LogP contribution in [0.3, 0.4) is 0 Å². The number of para-hydroxylation sites is 2. The lowest BCUT2D eigenvalue weighted by atomic mass is 10.2. The number of methoxy groups -OCH3 is 1. The molecular formula is C21H28ClN5O2S. The number of anilines is 2. The molecule has 162 valence electrons. The second-order valence-corrected chi connectivity index (χ2v) is 8.41. The summed E-state index contributed by atoms with van der Waals surface area (Å²) in [6, 6.07) is 9.72. The van der Waals surface area contributed by atoms with Crippen molar-refractivity contribution >= 4 is 40.8 Å². The molecule has 1 fully saturated rings. The summed E-state index contributed by atoms with van der Waals surface area (Å²) in [5, 5.41) is 0.921. The summed E-state index contributed by atoms with van der Waals surface area (Å²) < 4.78 is 5.46. The Bertz CT molecular complexity index is 861. The number of aromatic nitrogens is 2. The molecule has 0 atom stereocenters. The van der Waals surface area contributed by atoms with E-state index < -0.39 is 0 Å². The van der Waals surface area contributed by atoms with Gasteiger partial charge >= 0.3 is 0 Å². The summed E-state index contributed by atoms with van der Waals surface area (Å²) in [4.78, 5) is 27.7. The van der Waals surface area contributed by atoms with Crippen molar-refractivity contribution < 1.29 is 9.53 Å². The number of amides is 1. The number of carbonyl (C=O) groups is 1. The molecule has 7 nitrogen and oxygen atoms in total. The van der Waals surface area contributed by atoms with E-state index in [1.165, 1.54) is 11.8 Å². The maximum absolute atomic E-state index is 12.7. The van der Waals surface area contributed by atoms with Gasteiger partial charge in [-0.25, -0.2) is 9.97 Å². The van der Waals surface area contributed by atoms with E-state index in [0.717, 1.165) is 43.3 Å². The maximum Gasteiger partial charge on any atom is 0.233 e. The molecule has 1 aliphatic rings. The number of hydrogen-bond acceptors (Lipinski definition) is 7. The van der Waals surface area contributed by atoms with Gasteiger partial charge in [-0.15, -0.1) is 0 Å². The van der Waals surface area contributed by atoms with Gasteiger partial charge in [0.2, 0.25) is 5.91 Å². The zero-order chi connectivity index (χ0) is 21.5. The van der Waals surface area contributed by atoms with Gasteiger partial charge in [0, 0.05) is 45.8 Å². The van der Waals surface area contributed by atoms with Crippen LogP contribution >= 0.6 is 23.4 Å². The van der Waals surface area contributed by atoms with Gasteiger partial charge in [-0.05, 0) is 18.6 Å². The van der Waals surface area contributed by atoms with Crippen molar-refractivity contribution in [2.24, 2.45) is 0 Å². The molecular weight excluding hydrogens is 422 g/mol. The molecule has 0 aliphatic carbocycles. The molecule has 0 N–H and O–H groups in total. The van der Waals surface area contributed by atoms with Crippen LogP contribution < -0.4 is 14.5 Å². The minimum atomic E-state index is 0.0896. The van der Waals surface area contributed by atoms with Crippen LogP contribution in [0.1, 0.15) is 13.3 Å². The third kappa shape index (κ3) is 5.70. The smallest absolute Gasteiger partial charge is 0.233 e. The normalized spacial score (nSPS) is 14.0. The predicted octanol–water partition coefficient (Wildman–Crippen LogP) is 3.43. The molecule has 1 aliphatic heterocycles. The van der Waals surface area contributed by atoms with Crippen molar-refractivity contribution in [2.75, 3.05) is 62.4 Å². The van der Waals surface area contributed by atoms with Gasteiger partial charge in [-0.2, -0.15) is 0 Å². The van der Waals surface area contributed by atoms with Crippen molar-refractivity contribution in [3.63, 3.8) is 0 Å². The highest BCUT2D eigenvalue weighted by molar-refractivity contribution is 7.99. The number of carbonyl (C=O) groups excluding carboxylic acids is 1. The van der Waals surface area contributed by atoms with E-state index in [4.69, 9.17) is 16.3 Å². The van der Waals surface area contributed by atoms with Crippen LogP contribution in [0.4, 0.5) is 11.5 Å². The quantitative estimate of drug-likeness (QED) is 0.347. The topological polar surface area (TPSA) is 61.8 Å². The molecule has 0 unspecified atom stereocenters. The van der Waals surface area contributed by atoms with Crippen molar-refractivity contribution in [3.05, 3.63) is 35.5 Å². The summed E-state index contributed by atoms with van der Waals surface area (Å²) in [7, 11) is 3.65. The van der Waals surface area contributed by atoms with Gasteiger partial charge in [0.05, 0.1) is 18.6 Å². The van der Waals surface area contributed by atoms with E-state index >= 15 is 0 Å². The Kier molecular flexibility index (Phi) is 8.04. The van der Waals surface area contributed by atoms with Crippen LogP contribution in [0.2, 0.25) is 5.15 Å². The first-order chi connectivity index (χ1) is 14.5. The second-order valence-electron chi connectivity index (χ2n) is 7.08. The van der Waals surface area contributed by atoms with E-state index in [-0.39, 0.29) is 5.91 Å². The number of hydrogen-bond donors (Lipinski definition) is 0. The third-order valence-corrected chi connectivity index (χ3v) is 6.02. The Morgan fingerprint density at radius 2 is 1.97 bits per heavy atom. The van der Waals surface area contributed by atoms with Gasteiger partial charge in [0.25, 0.3) is 0 Å². The van der Waals surface area contributed by atoms with E-state index in [1.807, 2.05) is 35.0 Å². The average molecular weight is 450 g/mol. The molecule has 0 spiro atoms. The fraction of sp³-hybridized carbons (Fsp3) is 0.476. The minimum Gasteiger partial charge on any atom is -0.495 e. The zero-order valence-electron chi connectivity index (χ0n) is 17.7. The Hall–Kier alpha value is -2.19. The lowest BCUT2D eigenvalue weighted by Crippen LogP contribution is -2.49. The Morgan fingerprint density at radius 3 is 2.67 bits per heavy atom. The molecule has 2 aromatic rings. The average Bonchev–Trinajstić information content (AvgIpc) is 2.77. The molecule has 2 heterocycles. The molecule has 9 heteroatoms. The first-order valence-corrected chi connectivity index (χ1v) is 11.4. The number of benzene rings is 1. The molecule has 1 aromatic heterocycles. The van der Waals surface area contributed by atoms with Crippen LogP contribution in [0.5, 0.6) is 5.75 Å². The summed E-state index contributed by atoms with van der Waals surface area (Å²) in [6.07, 6.45) is 1.01. The Labute approximate surface area is 187 Å². The third-order valence-electron chi connectivity index (χ3n) is 4.99. The summed E-state index contributed by atoms with van der Waals surface area (Å²) in [5.41, 5.74) is 1.07. The minimum absolute atomic E-state index is 0.0896. The predicted molar refractivity (Wildman–Crippen MR) is 123 cm³/mol. The first kappa shape index (κ1) is 22.5. The highest BCUT2D eigenvalue weighted by Gasteiger charge is 2.23. The van der Waals surface area contributed by atoms with Crippen LogP contribution in [-0.4, -0.2) is 73.4 Å². The standard InChI is InChI=1S/C21H28ClN5O2S/c1-4-9-25(2)19-14-18(22)23-21(24-19)30-15-20(28)27-12-10-26(11-13-27)16-7-5-6-8-17(16)29-3/h5-8,14H,4,9-13,15H2,1-3H3. The van der Waals surface area contributed by atoms with Gasteiger partial charge in [0.15, 0.2) is 5.16 Å². The maximum atomic E-state index is 12.7. The molecule has 3 rings (SSSR count). The number of halogens is 1. The Morgan fingerprint density at radius 1 is 1.23 bits per heavy atom. The fourth-order valence-electron chi connectivity index (χ4n) is 3.40. The van der Waals surface area contributed by atoms with Gasteiger partial charge < -0.3 is 19.4 Å². The van der Waals surface area contributed by atoms with Crippen molar-refractivity contribution in [1.82, 2.24) is 14.9 Å². The summed E-state index contributed by atoms with van der Waals surface area (Å²) in [5.74, 6) is 2.02. The fourth-order valence-corrected chi connectivity index (χ4v) is 4.38. The van der Waals surface area contributed by atoms with Gasteiger partial charge in [-0.1, -0.05) is 42.4 Å². The van der Waals surface area contributed by atoms with Crippen LogP contribution in [0.15, 0.2) is 35.5 Å². The van der Waals surface area contributed by atoms with Crippen LogP contribution in [0.25, 0.3) is 0 Å². The molecule has 1 aromatic carbocycles. The van der Waals surface area contributed by atoms with E-state index in [2.05, 4.69) is 27.9 Å². The van der Waals surface area contributed by atoms with Crippen molar-refractivity contribution in [1.29, 1.82) is 0 Å². The monoisotopic (exact) mass is 449 g/mol. The zero-order valence-corrected chi connectivity index (χ0v) is 19.2. The molecule has 0 bridgehead atoms. The SMILES string of the molecule is CCCN(C)c1cc(Cl)nc(SCC(=O)N2CCN(c3ccccc3OC)CC2)n1. The second kappa shape index (κ2) is 10.7. The number of piperazine rings is 1.